The van der Waals surface area contributed by atoms with Crippen molar-refractivity contribution < 1.29 is 17.9 Å². The van der Waals surface area contributed by atoms with Crippen LogP contribution in [0.25, 0.3) is 0 Å². The normalized spacial score (nSPS) is 21.2. The zero-order valence-corrected chi connectivity index (χ0v) is 11.8. The molecule has 0 aliphatic carbocycles. The fourth-order valence-electron chi connectivity index (χ4n) is 2.32. The maximum atomic E-state index is 12.0. The first-order chi connectivity index (χ1) is 9.00. The summed E-state index contributed by atoms with van der Waals surface area (Å²) in [7, 11) is -2.91. The van der Waals surface area contributed by atoms with Gasteiger partial charge in [0.25, 0.3) is 0 Å². The summed E-state index contributed by atoms with van der Waals surface area (Å²) in [5.41, 5.74) is 0.618. The van der Waals surface area contributed by atoms with Crippen LogP contribution in [0.2, 0.25) is 0 Å². The van der Waals surface area contributed by atoms with E-state index < -0.39 is 9.84 Å². The first-order valence-electron chi connectivity index (χ1n) is 6.46. The van der Waals surface area contributed by atoms with Crippen LogP contribution < -0.4 is 4.74 Å². The van der Waals surface area contributed by atoms with Gasteiger partial charge in [-0.3, -0.25) is 4.79 Å². The minimum atomic E-state index is -2.91. The van der Waals surface area contributed by atoms with Crippen molar-refractivity contribution in [3.8, 4) is 5.75 Å². The molecule has 1 aromatic carbocycles. The molecule has 0 amide bonds. The van der Waals surface area contributed by atoms with E-state index in [4.69, 9.17) is 4.74 Å². The summed E-state index contributed by atoms with van der Waals surface area (Å²) < 4.78 is 28.0. The number of carbonyl (C=O) groups is 1. The number of rotatable bonds is 5. The van der Waals surface area contributed by atoms with Gasteiger partial charge in [0.1, 0.15) is 5.75 Å². The lowest BCUT2D eigenvalue weighted by Crippen LogP contribution is -2.10. The number of ketones is 1. The lowest BCUT2D eigenvalue weighted by Gasteiger charge is -2.07. The summed E-state index contributed by atoms with van der Waals surface area (Å²) in [5, 5.41) is 0. The van der Waals surface area contributed by atoms with Gasteiger partial charge in [-0.1, -0.05) is 0 Å². The molecule has 0 radical (unpaired) electrons. The molecule has 4 nitrogen and oxygen atoms in total. The van der Waals surface area contributed by atoms with Crippen LogP contribution in [0.3, 0.4) is 0 Å². The molecule has 1 aliphatic heterocycles. The van der Waals surface area contributed by atoms with Gasteiger partial charge >= 0.3 is 0 Å². The van der Waals surface area contributed by atoms with E-state index in [2.05, 4.69) is 0 Å². The van der Waals surface area contributed by atoms with Crippen molar-refractivity contribution in [3.05, 3.63) is 29.8 Å². The summed E-state index contributed by atoms with van der Waals surface area (Å²) in [4.78, 5) is 12.0. The highest BCUT2D eigenvalue weighted by molar-refractivity contribution is 7.91. The molecule has 5 heteroatoms. The number of sulfone groups is 1. The Labute approximate surface area is 113 Å². The lowest BCUT2D eigenvalue weighted by atomic mass is 9.98. The molecule has 1 heterocycles. The largest absolute Gasteiger partial charge is 0.494 e. The zero-order valence-electron chi connectivity index (χ0n) is 11.0. The van der Waals surface area contributed by atoms with Gasteiger partial charge in [-0.25, -0.2) is 8.42 Å². The Hall–Kier alpha value is -1.36. The Morgan fingerprint density at radius 2 is 2.00 bits per heavy atom. The Morgan fingerprint density at radius 3 is 2.53 bits per heavy atom. The third-order valence-electron chi connectivity index (χ3n) is 3.29. The number of hydrogen-bond acceptors (Lipinski definition) is 4. The average molecular weight is 282 g/mol. The van der Waals surface area contributed by atoms with Gasteiger partial charge in [0.05, 0.1) is 18.1 Å². The standard InChI is InChI=1S/C14H18O4S/c1-2-18-13-5-3-12(4-6-13)14(15)9-11-7-8-19(16,17)10-11/h3-6,11H,2,7-10H2,1H3. The maximum absolute atomic E-state index is 12.0. The van der Waals surface area contributed by atoms with Crippen molar-refractivity contribution in [2.75, 3.05) is 18.1 Å². The van der Waals surface area contributed by atoms with E-state index in [-0.39, 0.29) is 23.2 Å². The number of carbonyl (C=O) groups excluding carboxylic acids is 1. The minimum Gasteiger partial charge on any atom is -0.494 e. The molecule has 19 heavy (non-hydrogen) atoms. The molecule has 1 aromatic rings. The SMILES string of the molecule is CCOc1ccc(C(=O)CC2CCS(=O)(=O)C2)cc1. The first-order valence-corrected chi connectivity index (χ1v) is 8.29. The van der Waals surface area contributed by atoms with Crippen molar-refractivity contribution >= 4 is 15.6 Å². The highest BCUT2D eigenvalue weighted by Crippen LogP contribution is 2.24. The minimum absolute atomic E-state index is 0.00477. The monoisotopic (exact) mass is 282 g/mol. The molecule has 1 atom stereocenters. The Kier molecular flexibility index (Phi) is 4.24. The van der Waals surface area contributed by atoms with Gasteiger partial charge in [-0.05, 0) is 43.5 Å². The molecule has 0 saturated carbocycles. The molecule has 1 saturated heterocycles. The van der Waals surface area contributed by atoms with Gasteiger partial charge in [-0.15, -0.1) is 0 Å². The third kappa shape index (κ3) is 3.80. The Bertz CT molecular complexity index is 545. The van der Waals surface area contributed by atoms with Crippen molar-refractivity contribution in [2.24, 2.45) is 5.92 Å². The molecule has 1 unspecified atom stereocenters. The molecule has 2 rings (SSSR count). The summed E-state index contributed by atoms with van der Waals surface area (Å²) in [6.07, 6.45) is 0.915. The highest BCUT2D eigenvalue weighted by atomic mass is 32.2. The van der Waals surface area contributed by atoms with Crippen molar-refractivity contribution in [1.29, 1.82) is 0 Å². The molecular formula is C14H18O4S. The van der Waals surface area contributed by atoms with Crippen LogP contribution in [-0.2, 0) is 9.84 Å². The van der Waals surface area contributed by atoms with Crippen LogP contribution in [0.4, 0.5) is 0 Å². The van der Waals surface area contributed by atoms with E-state index in [9.17, 15) is 13.2 Å². The van der Waals surface area contributed by atoms with Gasteiger partial charge in [0, 0.05) is 12.0 Å². The van der Waals surface area contributed by atoms with Gasteiger partial charge in [0.15, 0.2) is 15.6 Å². The van der Waals surface area contributed by atoms with Gasteiger partial charge in [-0.2, -0.15) is 0 Å². The Morgan fingerprint density at radius 1 is 1.32 bits per heavy atom. The Balaban J connectivity index is 1.96. The molecule has 0 aromatic heterocycles. The van der Waals surface area contributed by atoms with Crippen molar-refractivity contribution in [3.63, 3.8) is 0 Å². The average Bonchev–Trinajstić information content (AvgIpc) is 2.70. The van der Waals surface area contributed by atoms with Crippen molar-refractivity contribution in [1.82, 2.24) is 0 Å². The number of Topliss-reactive ketones (excluding diaryl/α,β-unsaturated/α-hetero) is 1. The summed E-state index contributed by atoms with van der Waals surface area (Å²) >= 11 is 0. The molecule has 1 aliphatic rings. The number of hydrogen-bond donors (Lipinski definition) is 0. The first kappa shape index (κ1) is 14.1. The quantitative estimate of drug-likeness (QED) is 0.776. The molecule has 0 spiro atoms. The van der Waals surface area contributed by atoms with E-state index in [1.54, 1.807) is 24.3 Å². The van der Waals surface area contributed by atoms with E-state index in [1.807, 2.05) is 6.92 Å². The summed E-state index contributed by atoms with van der Waals surface area (Å²) in [6.45, 7) is 2.49. The van der Waals surface area contributed by atoms with E-state index in [0.717, 1.165) is 5.75 Å². The van der Waals surface area contributed by atoms with Crippen LogP contribution in [0.15, 0.2) is 24.3 Å². The fourth-order valence-corrected chi connectivity index (χ4v) is 4.18. The predicted molar refractivity (Wildman–Crippen MR) is 73.3 cm³/mol. The van der Waals surface area contributed by atoms with Gasteiger partial charge < -0.3 is 4.74 Å². The van der Waals surface area contributed by atoms with Crippen LogP contribution >= 0.6 is 0 Å². The number of benzene rings is 1. The third-order valence-corrected chi connectivity index (χ3v) is 5.13. The van der Waals surface area contributed by atoms with E-state index >= 15 is 0 Å². The molecule has 1 fully saturated rings. The van der Waals surface area contributed by atoms with Crippen LogP contribution in [0.5, 0.6) is 5.75 Å². The molecular weight excluding hydrogens is 264 g/mol. The topological polar surface area (TPSA) is 60.4 Å². The second-order valence-electron chi connectivity index (χ2n) is 4.85. The summed E-state index contributed by atoms with van der Waals surface area (Å²) in [5.74, 6) is 1.08. The van der Waals surface area contributed by atoms with Crippen LogP contribution in [0, 0.1) is 5.92 Å². The molecule has 0 bridgehead atoms. The van der Waals surface area contributed by atoms with Crippen LogP contribution in [0.1, 0.15) is 30.1 Å². The van der Waals surface area contributed by atoms with Crippen molar-refractivity contribution in [2.45, 2.75) is 19.8 Å². The van der Waals surface area contributed by atoms with Gasteiger partial charge in [0.2, 0.25) is 0 Å². The second kappa shape index (κ2) is 5.74. The smallest absolute Gasteiger partial charge is 0.163 e. The second-order valence-corrected chi connectivity index (χ2v) is 7.08. The van der Waals surface area contributed by atoms with E-state index in [1.165, 1.54) is 0 Å². The number of ether oxygens (including phenoxy) is 1. The highest BCUT2D eigenvalue weighted by Gasteiger charge is 2.29. The maximum Gasteiger partial charge on any atom is 0.163 e. The zero-order chi connectivity index (χ0) is 13.9. The fraction of sp³-hybridized carbons (Fsp3) is 0.500. The molecule has 104 valence electrons. The van der Waals surface area contributed by atoms with Crippen LogP contribution in [-0.4, -0.2) is 32.3 Å². The predicted octanol–water partition coefficient (Wildman–Crippen LogP) is 2.09. The van der Waals surface area contributed by atoms with E-state index in [0.29, 0.717) is 25.0 Å². The molecule has 0 N–H and O–H groups in total. The summed E-state index contributed by atoms with van der Waals surface area (Å²) in [6, 6.07) is 7.00. The lowest BCUT2D eigenvalue weighted by molar-refractivity contribution is 0.0965.